The molecule has 0 aliphatic carbocycles. The largest absolute Gasteiger partial charge is 0.314 e. The first-order valence-corrected chi connectivity index (χ1v) is 10.2. The average molecular weight is 377 g/mol. The molecule has 0 amide bonds. The summed E-state index contributed by atoms with van der Waals surface area (Å²) in [5.41, 5.74) is 1.21. The molecule has 2 aromatic rings. The van der Waals surface area contributed by atoms with E-state index < -0.39 is 10.0 Å². The Morgan fingerprint density at radius 3 is 2.56 bits per heavy atom. The van der Waals surface area contributed by atoms with E-state index in [9.17, 15) is 13.3 Å². The lowest BCUT2D eigenvalue weighted by molar-refractivity contribution is 0.359. The Balaban J connectivity index is 2.02. The summed E-state index contributed by atoms with van der Waals surface area (Å²) in [6, 6.07) is 12.4. The van der Waals surface area contributed by atoms with Gasteiger partial charge in [0.15, 0.2) is 0 Å². The predicted octanol–water partition coefficient (Wildman–Crippen LogP) is 3.14. The minimum atomic E-state index is -3.68. The molecule has 1 fully saturated rings. The van der Waals surface area contributed by atoms with Gasteiger partial charge in [-0.05, 0) is 42.4 Å². The molecule has 1 saturated heterocycles. The van der Waals surface area contributed by atoms with Crippen LogP contribution in [-0.2, 0) is 10.0 Å². The molecule has 0 atom stereocenters. The topological polar surface area (TPSA) is 78.8 Å². The highest BCUT2D eigenvalue weighted by Crippen LogP contribution is 2.36. The molecule has 1 aliphatic heterocycles. The van der Waals surface area contributed by atoms with Gasteiger partial charge in [-0.15, -0.1) is 4.91 Å². The van der Waals surface area contributed by atoms with Crippen molar-refractivity contribution in [3.05, 3.63) is 52.9 Å². The van der Waals surface area contributed by atoms with Crippen LogP contribution in [0.4, 0.5) is 5.69 Å². The third-order valence-electron chi connectivity index (χ3n) is 3.94. The summed E-state index contributed by atoms with van der Waals surface area (Å²) < 4.78 is 27.6. The lowest BCUT2D eigenvalue weighted by Gasteiger charge is -2.27. The molecule has 0 saturated carbocycles. The predicted molar refractivity (Wildman–Crippen MR) is 98.8 cm³/mol. The summed E-state index contributed by atoms with van der Waals surface area (Å²) in [7, 11) is -3.68. The standard InChI is InChI=1S/C17H19N3O3S2/c1-13-3-2-4-15(11-13)24-16-6-5-14(19-21)12-17(16)25(22,23)20-9-7-18-8-10-20/h2-6,11-12,18H,7-10H2,1H3. The van der Waals surface area contributed by atoms with E-state index in [0.29, 0.717) is 31.1 Å². The first-order chi connectivity index (χ1) is 12.0. The van der Waals surface area contributed by atoms with Gasteiger partial charge < -0.3 is 5.32 Å². The molecule has 25 heavy (non-hydrogen) atoms. The smallest absolute Gasteiger partial charge is 0.244 e. The lowest BCUT2D eigenvalue weighted by atomic mass is 10.2. The number of piperazine rings is 1. The van der Waals surface area contributed by atoms with Gasteiger partial charge in [-0.25, -0.2) is 8.42 Å². The minimum Gasteiger partial charge on any atom is -0.314 e. The van der Waals surface area contributed by atoms with Crippen molar-refractivity contribution in [1.82, 2.24) is 9.62 Å². The number of nitrogens with one attached hydrogen (secondary N) is 1. The van der Waals surface area contributed by atoms with Gasteiger partial charge in [-0.1, -0.05) is 29.5 Å². The van der Waals surface area contributed by atoms with Crippen LogP contribution in [0.2, 0.25) is 0 Å². The number of hydrogen-bond acceptors (Lipinski definition) is 6. The van der Waals surface area contributed by atoms with Gasteiger partial charge in [0, 0.05) is 36.0 Å². The third kappa shape index (κ3) is 4.09. The Morgan fingerprint density at radius 2 is 1.88 bits per heavy atom. The van der Waals surface area contributed by atoms with Gasteiger partial charge in [-0.2, -0.15) is 4.31 Å². The molecule has 132 valence electrons. The normalized spacial score (nSPS) is 15.9. The Morgan fingerprint density at radius 1 is 1.12 bits per heavy atom. The van der Waals surface area contributed by atoms with Crippen LogP contribution in [0.1, 0.15) is 5.56 Å². The molecule has 0 aromatic heterocycles. The quantitative estimate of drug-likeness (QED) is 0.810. The van der Waals surface area contributed by atoms with E-state index >= 15 is 0 Å². The van der Waals surface area contributed by atoms with E-state index in [1.54, 1.807) is 12.1 Å². The molecule has 2 aromatic carbocycles. The Kier molecular flexibility index (Phi) is 5.53. The Labute approximate surface area is 151 Å². The molecular formula is C17H19N3O3S2. The second kappa shape index (κ2) is 7.65. The molecular weight excluding hydrogens is 358 g/mol. The molecule has 0 unspecified atom stereocenters. The fraction of sp³-hybridized carbons (Fsp3) is 0.294. The van der Waals surface area contributed by atoms with Crippen LogP contribution in [0, 0.1) is 11.8 Å². The van der Waals surface area contributed by atoms with Gasteiger partial charge in [0.1, 0.15) is 5.69 Å². The van der Waals surface area contributed by atoms with E-state index in [1.807, 2.05) is 31.2 Å². The van der Waals surface area contributed by atoms with E-state index in [-0.39, 0.29) is 10.6 Å². The fourth-order valence-electron chi connectivity index (χ4n) is 2.67. The van der Waals surface area contributed by atoms with Crippen LogP contribution in [0.15, 0.2) is 62.3 Å². The molecule has 0 spiro atoms. The number of sulfonamides is 1. The van der Waals surface area contributed by atoms with Crippen LogP contribution in [0.5, 0.6) is 0 Å². The van der Waals surface area contributed by atoms with E-state index in [0.717, 1.165) is 10.5 Å². The van der Waals surface area contributed by atoms with Gasteiger partial charge in [0.25, 0.3) is 0 Å². The molecule has 6 nitrogen and oxygen atoms in total. The van der Waals surface area contributed by atoms with Crippen molar-refractivity contribution in [3.63, 3.8) is 0 Å². The fourth-order valence-corrected chi connectivity index (χ4v) is 5.58. The number of nitrogens with zero attached hydrogens (tertiary/aromatic N) is 2. The van der Waals surface area contributed by atoms with Crippen LogP contribution in [0.3, 0.4) is 0 Å². The highest BCUT2D eigenvalue weighted by Gasteiger charge is 2.29. The minimum absolute atomic E-state index is 0.113. The first kappa shape index (κ1) is 18.1. The molecule has 0 bridgehead atoms. The molecule has 0 radical (unpaired) electrons. The SMILES string of the molecule is Cc1cccc(Sc2ccc(N=O)cc2S(=O)(=O)N2CCNCC2)c1. The van der Waals surface area contributed by atoms with E-state index in [1.165, 1.54) is 22.1 Å². The molecule has 3 rings (SSSR count). The van der Waals surface area contributed by atoms with Crippen LogP contribution < -0.4 is 5.32 Å². The van der Waals surface area contributed by atoms with E-state index in [4.69, 9.17) is 0 Å². The van der Waals surface area contributed by atoms with Crippen LogP contribution in [-0.4, -0.2) is 38.9 Å². The highest BCUT2D eigenvalue weighted by molar-refractivity contribution is 8.00. The number of hydrogen-bond donors (Lipinski definition) is 1. The number of benzene rings is 2. The zero-order valence-corrected chi connectivity index (χ0v) is 15.4. The monoisotopic (exact) mass is 377 g/mol. The summed E-state index contributed by atoms with van der Waals surface area (Å²) >= 11 is 1.37. The number of nitroso groups, excluding NO2 is 1. The third-order valence-corrected chi connectivity index (χ3v) is 7.08. The summed E-state index contributed by atoms with van der Waals surface area (Å²) in [6.45, 7) is 4.05. The lowest BCUT2D eigenvalue weighted by Crippen LogP contribution is -2.46. The second-order valence-electron chi connectivity index (χ2n) is 5.79. The number of rotatable bonds is 5. The van der Waals surface area contributed by atoms with Gasteiger partial charge in [0.05, 0.1) is 4.90 Å². The van der Waals surface area contributed by atoms with Crippen molar-refractivity contribution < 1.29 is 8.42 Å². The number of aryl methyl sites for hydroxylation is 1. The highest BCUT2D eigenvalue weighted by atomic mass is 32.2. The second-order valence-corrected chi connectivity index (χ2v) is 8.82. The van der Waals surface area contributed by atoms with Crippen LogP contribution >= 0.6 is 11.8 Å². The van der Waals surface area contributed by atoms with E-state index in [2.05, 4.69) is 10.5 Å². The van der Waals surface area contributed by atoms with Crippen molar-refractivity contribution in [2.75, 3.05) is 26.2 Å². The molecule has 1 N–H and O–H groups in total. The van der Waals surface area contributed by atoms with Gasteiger partial charge in [0.2, 0.25) is 10.0 Å². The summed E-state index contributed by atoms with van der Waals surface area (Å²) in [5, 5.41) is 6.04. The van der Waals surface area contributed by atoms with Crippen molar-refractivity contribution in [1.29, 1.82) is 0 Å². The van der Waals surface area contributed by atoms with Gasteiger partial charge in [-0.3, -0.25) is 0 Å². The zero-order valence-electron chi connectivity index (χ0n) is 13.8. The Hall–Kier alpha value is -1.74. The average Bonchev–Trinajstić information content (AvgIpc) is 2.63. The summed E-state index contributed by atoms with van der Waals surface area (Å²) in [5.74, 6) is 0. The maximum atomic E-state index is 13.1. The summed E-state index contributed by atoms with van der Waals surface area (Å²) in [4.78, 5) is 12.6. The van der Waals surface area contributed by atoms with Crippen molar-refractivity contribution in [2.45, 2.75) is 21.6 Å². The Bertz CT molecular complexity index is 878. The van der Waals surface area contributed by atoms with Crippen molar-refractivity contribution in [3.8, 4) is 0 Å². The first-order valence-electron chi connectivity index (χ1n) is 7.93. The molecule has 1 aliphatic rings. The zero-order chi connectivity index (χ0) is 17.9. The van der Waals surface area contributed by atoms with Crippen molar-refractivity contribution >= 4 is 27.5 Å². The maximum Gasteiger partial charge on any atom is 0.244 e. The van der Waals surface area contributed by atoms with Crippen molar-refractivity contribution in [2.24, 2.45) is 5.18 Å². The molecule has 1 heterocycles. The maximum absolute atomic E-state index is 13.1. The van der Waals surface area contributed by atoms with Crippen LogP contribution in [0.25, 0.3) is 0 Å². The van der Waals surface area contributed by atoms with Gasteiger partial charge >= 0.3 is 0 Å². The summed E-state index contributed by atoms with van der Waals surface area (Å²) in [6.07, 6.45) is 0. The molecule has 8 heteroatoms.